The lowest BCUT2D eigenvalue weighted by atomic mass is 10.3. The lowest BCUT2D eigenvalue weighted by Gasteiger charge is -2.05. The standard InChI is InChI=1S/C48H42N18O12/c67-43-37-13-4-15-39(64-37)45(69)51-27-57-75-21-33-9-2-11-35(62-33)23-77-59-29-53-47(71)41-17-6-18-42(66-41)48(72)54-30-60-78-24-36-12-3-10-34(63-36)22-76-58-28-52-46(70)40-16-5-14-38(65-40)44(68)50-26-56-74-20-32-8-1-7-31(61-32)19-73-55-25-49-43/h1-18,25-30H,19-24H2,(H,49,55,67)(H,50,56,68)(H,51,57,69)(H,52,58,70)(H,53,59,71)(H,54,60,72). The van der Waals surface area contributed by atoms with Crippen LogP contribution < -0.4 is 31.9 Å². The first-order valence-electron chi connectivity index (χ1n) is 22.6. The first-order valence-corrected chi connectivity index (χ1v) is 22.6. The maximum Gasteiger partial charge on any atom is 0.275 e. The van der Waals surface area contributed by atoms with Crippen LogP contribution in [0.15, 0.2) is 140 Å². The van der Waals surface area contributed by atoms with Gasteiger partial charge in [0.25, 0.3) is 35.4 Å². The molecule has 6 N–H and O–H groups in total. The van der Waals surface area contributed by atoms with Crippen molar-refractivity contribution in [3.63, 3.8) is 0 Å². The molecule has 6 amide bonds. The van der Waals surface area contributed by atoms with Crippen LogP contribution in [0, 0.1) is 0 Å². The van der Waals surface area contributed by atoms with Crippen molar-refractivity contribution in [2.75, 3.05) is 0 Å². The first-order chi connectivity index (χ1) is 38.2. The number of rotatable bonds is 0. The molecule has 0 saturated carbocycles. The van der Waals surface area contributed by atoms with Gasteiger partial charge in [0.1, 0.15) is 72.2 Å². The summed E-state index contributed by atoms with van der Waals surface area (Å²) in [5.74, 6) is -4.11. The number of hydrogen-bond acceptors (Lipinski definition) is 24. The van der Waals surface area contributed by atoms with Crippen LogP contribution >= 0.6 is 0 Å². The minimum absolute atomic E-state index is 0.0826. The number of aromatic nitrogens is 6. The molecule has 0 unspecified atom stereocenters. The molecule has 7 rings (SSSR count). The van der Waals surface area contributed by atoms with Gasteiger partial charge in [-0.1, -0.05) is 67.3 Å². The van der Waals surface area contributed by atoms with Gasteiger partial charge in [0.2, 0.25) is 0 Å². The summed E-state index contributed by atoms with van der Waals surface area (Å²) in [5.41, 5.74) is 2.17. The fourth-order valence-corrected chi connectivity index (χ4v) is 5.93. The predicted molar refractivity (Wildman–Crippen MR) is 270 cm³/mol. The second-order valence-electron chi connectivity index (χ2n) is 15.0. The zero-order chi connectivity index (χ0) is 54.6. The highest BCUT2D eigenvalue weighted by Crippen LogP contribution is 2.08. The Morgan fingerprint density at radius 3 is 0.590 bits per heavy atom. The maximum atomic E-state index is 12.7. The Balaban J connectivity index is 0.936. The summed E-state index contributed by atoms with van der Waals surface area (Å²) in [5, 5.41) is 36.6. The molecular formula is C48H42N18O12. The summed E-state index contributed by atoms with van der Waals surface area (Å²) in [4.78, 5) is 133. The molecule has 6 aromatic rings. The van der Waals surface area contributed by atoms with E-state index < -0.39 is 35.4 Å². The third kappa shape index (κ3) is 17.9. The highest BCUT2D eigenvalue weighted by atomic mass is 16.6. The van der Waals surface area contributed by atoms with Crippen molar-refractivity contribution in [2.45, 2.75) is 39.6 Å². The van der Waals surface area contributed by atoms with Gasteiger partial charge in [-0.2, -0.15) is 0 Å². The molecule has 0 radical (unpaired) electrons. The van der Waals surface area contributed by atoms with Crippen LogP contribution in [-0.2, 0) is 68.7 Å². The number of hydrogen-bond donors (Lipinski definition) is 6. The van der Waals surface area contributed by atoms with Gasteiger partial charge in [-0.3, -0.25) is 43.7 Å². The summed E-state index contributed by atoms with van der Waals surface area (Å²) in [6.07, 6.45) is 5.99. The van der Waals surface area contributed by atoms with Gasteiger partial charge >= 0.3 is 0 Å². The molecule has 0 atom stereocenters. The molecule has 1 aliphatic rings. The number of carbonyl (C=O) groups is 6. The van der Waals surface area contributed by atoms with E-state index in [0.717, 1.165) is 38.0 Å². The minimum atomic E-state index is -0.685. The van der Waals surface area contributed by atoms with Gasteiger partial charge in [-0.15, -0.1) is 0 Å². The van der Waals surface area contributed by atoms with Crippen LogP contribution in [0.25, 0.3) is 0 Å². The normalized spacial score (nSPS) is 14.9. The van der Waals surface area contributed by atoms with E-state index in [0.29, 0.717) is 34.2 Å². The lowest BCUT2D eigenvalue weighted by Crippen LogP contribution is -2.26. The highest BCUT2D eigenvalue weighted by Gasteiger charge is 2.15. The van der Waals surface area contributed by atoms with Crippen LogP contribution in [0.2, 0.25) is 0 Å². The highest BCUT2D eigenvalue weighted by molar-refractivity contribution is 6.04. The number of oxime groups is 6. The number of nitrogens with one attached hydrogen (secondary N) is 6. The average Bonchev–Trinajstić information content (AvgIpc) is 3.47. The van der Waals surface area contributed by atoms with Gasteiger partial charge in [-0.05, 0) is 72.8 Å². The minimum Gasteiger partial charge on any atom is -0.388 e. The Morgan fingerprint density at radius 2 is 0.410 bits per heavy atom. The second-order valence-corrected chi connectivity index (χ2v) is 15.0. The SMILES string of the molecule is O=C1NC=NOCc2cccc(n2)CON=CNC(=O)c2cccc(n2)C(=O)NC=NOCc2cccc(n2)CON=CNC(=O)c2cccc(n2)C(=O)NC=NOCc2cccc(n2)CON=CNC(=O)c2cccc1n2. The molecule has 12 bridgehead atoms. The van der Waals surface area contributed by atoms with Crippen LogP contribution in [0.5, 0.6) is 0 Å². The summed E-state index contributed by atoms with van der Waals surface area (Å²) in [6.45, 7) is -0.496. The maximum absolute atomic E-state index is 12.7. The Labute approximate surface area is 440 Å². The topological polar surface area (TPSA) is 381 Å². The lowest BCUT2D eigenvalue weighted by molar-refractivity contribution is 0.0947. The van der Waals surface area contributed by atoms with Gasteiger partial charge in [0.15, 0.2) is 39.6 Å². The average molecular weight is 1060 g/mol. The largest absolute Gasteiger partial charge is 0.388 e. The summed E-state index contributed by atoms with van der Waals surface area (Å²) >= 11 is 0. The van der Waals surface area contributed by atoms with Crippen molar-refractivity contribution < 1.29 is 57.8 Å². The van der Waals surface area contributed by atoms with Crippen molar-refractivity contribution in [3.05, 3.63) is 178 Å². The van der Waals surface area contributed by atoms with E-state index >= 15 is 0 Å². The van der Waals surface area contributed by atoms with Crippen LogP contribution in [0.3, 0.4) is 0 Å². The smallest absolute Gasteiger partial charge is 0.275 e. The number of amides is 6. The van der Waals surface area contributed by atoms with E-state index in [2.05, 4.69) is 92.7 Å². The number of carbonyl (C=O) groups excluding carboxylic acids is 6. The molecule has 30 nitrogen and oxygen atoms in total. The van der Waals surface area contributed by atoms with E-state index in [1.165, 1.54) is 54.6 Å². The van der Waals surface area contributed by atoms with Crippen molar-refractivity contribution in [3.8, 4) is 0 Å². The Kier molecular flexibility index (Phi) is 20.4. The Hall–Kier alpha value is -11.5. The van der Waals surface area contributed by atoms with E-state index in [9.17, 15) is 28.8 Å². The van der Waals surface area contributed by atoms with Gasteiger partial charge in [-0.25, -0.2) is 15.0 Å². The predicted octanol–water partition coefficient (Wildman–Crippen LogP) is 1.71. The molecule has 0 aliphatic carbocycles. The fraction of sp³-hybridized carbons (Fsp3) is 0.125. The fourth-order valence-electron chi connectivity index (χ4n) is 5.93. The zero-order valence-corrected chi connectivity index (χ0v) is 40.4. The zero-order valence-electron chi connectivity index (χ0n) is 40.4. The van der Waals surface area contributed by atoms with E-state index in [-0.39, 0.29) is 73.8 Å². The molecule has 7 heterocycles. The summed E-state index contributed by atoms with van der Waals surface area (Å²) < 4.78 is 0. The molecular weight excluding hydrogens is 1020 g/mol. The van der Waals surface area contributed by atoms with Gasteiger partial charge < -0.3 is 60.9 Å². The molecule has 0 saturated heterocycles. The van der Waals surface area contributed by atoms with Crippen LogP contribution in [-0.4, -0.2) is 103 Å². The summed E-state index contributed by atoms with van der Waals surface area (Å²) in [7, 11) is 0. The van der Waals surface area contributed by atoms with Crippen LogP contribution in [0.4, 0.5) is 0 Å². The monoisotopic (exact) mass is 1060 g/mol. The first kappa shape index (κ1) is 54.3. The molecule has 396 valence electrons. The Morgan fingerprint density at radius 1 is 0.244 bits per heavy atom. The number of pyridine rings is 6. The molecule has 0 aromatic carbocycles. The Bertz CT molecular complexity index is 2750. The third-order valence-corrected chi connectivity index (χ3v) is 9.45. The molecule has 0 fully saturated rings. The van der Waals surface area contributed by atoms with E-state index in [1.807, 2.05) is 0 Å². The van der Waals surface area contributed by atoms with Crippen LogP contribution in [0.1, 0.15) is 97.1 Å². The van der Waals surface area contributed by atoms with Gasteiger partial charge in [0.05, 0.1) is 34.2 Å². The van der Waals surface area contributed by atoms with E-state index in [4.69, 9.17) is 29.0 Å². The van der Waals surface area contributed by atoms with Crippen molar-refractivity contribution in [1.29, 1.82) is 0 Å². The molecule has 1 aliphatic heterocycles. The number of fused-ring (bicyclic) bond motifs is 12. The summed E-state index contributed by atoms with van der Waals surface area (Å²) in [6, 6.07) is 27.8. The molecule has 0 spiro atoms. The van der Waals surface area contributed by atoms with Crippen molar-refractivity contribution in [2.24, 2.45) is 30.9 Å². The van der Waals surface area contributed by atoms with Crippen molar-refractivity contribution >= 4 is 73.5 Å². The number of nitrogens with zero attached hydrogens (tertiary/aromatic N) is 12. The quantitative estimate of drug-likeness (QED) is 0.126. The third-order valence-electron chi connectivity index (χ3n) is 9.45. The second kappa shape index (κ2) is 29.3. The molecule has 78 heavy (non-hydrogen) atoms. The molecule has 6 aromatic heterocycles. The molecule has 30 heteroatoms. The van der Waals surface area contributed by atoms with Crippen molar-refractivity contribution in [1.82, 2.24) is 61.8 Å². The van der Waals surface area contributed by atoms with E-state index in [1.54, 1.807) is 54.6 Å². The van der Waals surface area contributed by atoms with Gasteiger partial charge in [0, 0.05) is 0 Å².